The normalized spacial score (nSPS) is 10.4. The van der Waals surface area contributed by atoms with Gasteiger partial charge in [0.05, 0.1) is 7.11 Å². The van der Waals surface area contributed by atoms with Gasteiger partial charge in [-0.15, -0.1) is 0 Å². The minimum Gasteiger partial charge on any atom is -0.497 e. The Morgan fingerprint density at radius 1 is 1.00 bits per heavy atom. The van der Waals surface area contributed by atoms with Gasteiger partial charge in [-0.3, -0.25) is 0 Å². The fourth-order valence-corrected chi connectivity index (χ4v) is 2.56. The minimum atomic E-state index is 0.488. The van der Waals surface area contributed by atoms with E-state index in [1.807, 2.05) is 31.2 Å². The first kappa shape index (κ1) is 17.5. The van der Waals surface area contributed by atoms with E-state index in [2.05, 4.69) is 45.7 Å². The SMILES string of the molecule is COc1ccc(CNc2ncnc(Nc3cc(C)ccc3C)c2N)cc1. The third-order valence-electron chi connectivity index (χ3n) is 4.15. The first-order valence-corrected chi connectivity index (χ1v) is 8.38. The molecule has 0 aliphatic rings. The Bertz CT molecular complexity index is 893. The summed E-state index contributed by atoms with van der Waals surface area (Å²) < 4.78 is 5.17. The van der Waals surface area contributed by atoms with Gasteiger partial charge >= 0.3 is 0 Å². The summed E-state index contributed by atoms with van der Waals surface area (Å²) in [7, 11) is 1.65. The van der Waals surface area contributed by atoms with Crippen LogP contribution in [0.1, 0.15) is 16.7 Å². The van der Waals surface area contributed by atoms with E-state index in [-0.39, 0.29) is 0 Å². The van der Waals surface area contributed by atoms with Crippen molar-refractivity contribution in [2.75, 3.05) is 23.5 Å². The van der Waals surface area contributed by atoms with E-state index < -0.39 is 0 Å². The average molecular weight is 349 g/mol. The molecule has 4 N–H and O–H groups in total. The maximum Gasteiger partial charge on any atom is 0.159 e. The molecule has 3 rings (SSSR count). The highest BCUT2D eigenvalue weighted by Gasteiger charge is 2.09. The lowest BCUT2D eigenvalue weighted by Gasteiger charge is -2.14. The minimum absolute atomic E-state index is 0.488. The summed E-state index contributed by atoms with van der Waals surface area (Å²) in [4.78, 5) is 8.54. The van der Waals surface area contributed by atoms with Crippen molar-refractivity contribution in [2.45, 2.75) is 20.4 Å². The van der Waals surface area contributed by atoms with Crippen LogP contribution in [-0.4, -0.2) is 17.1 Å². The molecule has 134 valence electrons. The number of rotatable bonds is 6. The first-order chi connectivity index (χ1) is 12.6. The van der Waals surface area contributed by atoms with Crippen LogP contribution in [0, 0.1) is 13.8 Å². The second-order valence-electron chi connectivity index (χ2n) is 6.13. The van der Waals surface area contributed by atoms with Crippen LogP contribution in [0.2, 0.25) is 0 Å². The van der Waals surface area contributed by atoms with E-state index in [4.69, 9.17) is 10.5 Å². The van der Waals surface area contributed by atoms with Crippen molar-refractivity contribution in [1.82, 2.24) is 9.97 Å². The lowest BCUT2D eigenvalue weighted by atomic mass is 10.1. The Morgan fingerprint density at radius 2 is 1.73 bits per heavy atom. The molecule has 0 amide bonds. The number of aromatic nitrogens is 2. The predicted octanol–water partition coefficient (Wildman–Crippen LogP) is 4.04. The van der Waals surface area contributed by atoms with Crippen LogP contribution in [-0.2, 0) is 6.54 Å². The Hall–Kier alpha value is -3.28. The summed E-state index contributed by atoms with van der Waals surface area (Å²) in [6.45, 7) is 4.70. The van der Waals surface area contributed by atoms with Crippen LogP contribution in [0.25, 0.3) is 0 Å². The topological polar surface area (TPSA) is 85.1 Å². The van der Waals surface area contributed by atoms with Crippen molar-refractivity contribution >= 4 is 23.0 Å². The summed E-state index contributed by atoms with van der Waals surface area (Å²) in [6.07, 6.45) is 1.50. The number of nitrogens with one attached hydrogen (secondary N) is 2. The number of anilines is 4. The quantitative estimate of drug-likeness (QED) is 0.623. The van der Waals surface area contributed by atoms with Crippen LogP contribution < -0.4 is 21.1 Å². The zero-order valence-corrected chi connectivity index (χ0v) is 15.2. The Labute approximate surface area is 153 Å². The van der Waals surface area contributed by atoms with Crippen molar-refractivity contribution < 1.29 is 4.74 Å². The van der Waals surface area contributed by atoms with Gasteiger partial charge in [-0.25, -0.2) is 9.97 Å². The summed E-state index contributed by atoms with van der Waals surface area (Å²) in [5, 5.41) is 6.56. The molecule has 0 unspecified atom stereocenters. The lowest BCUT2D eigenvalue weighted by molar-refractivity contribution is 0.414. The van der Waals surface area contributed by atoms with E-state index in [0.717, 1.165) is 22.6 Å². The molecule has 26 heavy (non-hydrogen) atoms. The molecule has 0 saturated heterocycles. The van der Waals surface area contributed by atoms with E-state index in [9.17, 15) is 0 Å². The number of hydrogen-bond acceptors (Lipinski definition) is 6. The van der Waals surface area contributed by atoms with Gasteiger partial charge in [0, 0.05) is 12.2 Å². The van der Waals surface area contributed by atoms with Crippen molar-refractivity contribution in [2.24, 2.45) is 0 Å². The molecular weight excluding hydrogens is 326 g/mol. The molecule has 0 aliphatic heterocycles. The predicted molar refractivity (Wildman–Crippen MR) is 106 cm³/mol. The fraction of sp³-hybridized carbons (Fsp3) is 0.200. The molecule has 0 spiro atoms. The van der Waals surface area contributed by atoms with Gasteiger partial charge in [0.1, 0.15) is 17.8 Å². The number of hydrogen-bond donors (Lipinski definition) is 3. The van der Waals surface area contributed by atoms with E-state index in [1.54, 1.807) is 7.11 Å². The van der Waals surface area contributed by atoms with E-state index in [0.29, 0.717) is 23.9 Å². The van der Waals surface area contributed by atoms with Crippen molar-refractivity contribution in [3.05, 3.63) is 65.5 Å². The molecular formula is C20H23N5O. The van der Waals surface area contributed by atoms with Gasteiger partial charge in [0.25, 0.3) is 0 Å². The fourth-order valence-electron chi connectivity index (χ4n) is 2.56. The number of methoxy groups -OCH3 is 1. The Kier molecular flexibility index (Phi) is 5.22. The Morgan fingerprint density at radius 3 is 2.46 bits per heavy atom. The first-order valence-electron chi connectivity index (χ1n) is 8.38. The molecule has 1 heterocycles. The van der Waals surface area contributed by atoms with Crippen molar-refractivity contribution in [3.63, 3.8) is 0 Å². The van der Waals surface area contributed by atoms with Gasteiger partial charge in [0.15, 0.2) is 11.6 Å². The van der Waals surface area contributed by atoms with E-state index in [1.165, 1.54) is 11.9 Å². The number of ether oxygens (including phenoxy) is 1. The van der Waals surface area contributed by atoms with Crippen LogP contribution in [0.4, 0.5) is 23.0 Å². The third-order valence-corrected chi connectivity index (χ3v) is 4.15. The second-order valence-corrected chi connectivity index (χ2v) is 6.13. The zero-order valence-electron chi connectivity index (χ0n) is 15.2. The molecule has 6 nitrogen and oxygen atoms in total. The van der Waals surface area contributed by atoms with Gasteiger partial charge in [-0.1, -0.05) is 24.3 Å². The molecule has 3 aromatic rings. The molecule has 0 fully saturated rings. The summed E-state index contributed by atoms with van der Waals surface area (Å²) >= 11 is 0. The molecule has 0 atom stereocenters. The number of benzene rings is 2. The number of nitrogens with two attached hydrogens (primary N) is 1. The maximum atomic E-state index is 6.26. The number of nitrogen functional groups attached to an aromatic ring is 1. The third kappa shape index (κ3) is 4.03. The monoisotopic (exact) mass is 349 g/mol. The second kappa shape index (κ2) is 7.74. The highest BCUT2D eigenvalue weighted by atomic mass is 16.5. The van der Waals surface area contributed by atoms with Crippen LogP contribution in [0.3, 0.4) is 0 Å². The highest BCUT2D eigenvalue weighted by Crippen LogP contribution is 2.28. The molecule has 0 bridgehead atoms. The van der Waals surface area contributed by atoms with Crippen LogP contribution in [0.15, 0.2) is 48.8 Å². The van der Waals surface area contributed by atoms with Crippen LogP contribution >= 0.6 is 0 Å². The molecule has 1 aromatic heterocycles. The molecule has 0 saturated carbocycles. The van der Waals surface area contributed by atoms with Crippen molar-refractivity contribution in [3.8, 4) is 5.75 Å². The smallest absolute Gasteiger partial charge is 0.159 e. The molecule has 0 aliphatic carbocycles. The molecule has 2 aromatic carbocycles. The summed E-state index contributed by atoms with van der Waals surface area (Å²) in [6, 6.07) is 14.1. The van der Waals surface area contributed by atoms with Gasteiger partial charge in [-0.2, -0.15) is 0 Å². The average Bonchev–Trinajstić information content (AvgIpc) is 2.66. The number of nitrogens with zero attached hydrogens (tertiary/aromatic N) is 2. The largest absolute Gasteiger partial charge is 0.497 e. The van der Waals surface area contributed by atoms with Crippen LogP contribution in [0.5, 0.6) is 5.75 Å². The molecule has 0 radical (unpaired) electrons. The van der Waals surface area contributed by atoms with Gasteiger partial charge in [0.2, 0.25) is 0 Å². The van der Waals surface area contributed by atoms with E-state index >= 15 is 0 Å². The Balaban J connectivity index is 1.75. The molecule has 6 heteroatoms. The number of aryl methyl sites for hydroxylation is 2. The summed E-state index contributed by atoms with van der Waals surface area (Å²) in [5.41, 5.74) is 11.1. The maximum absolute atomic E-state index is 6.26. The van der Waals surface area contributed by atoms with Crippen molar-refractivity contribution in [1.29, 1.82) is 0 Å². The summed E-state index contributed by atoms with van der Waals surface area (Å²) in [5.74, 6) is 2.02. The van der Waals surface area contributed by atoms with Gasteiger partial charge < -0.3 is 21.1 Å². The highest BCUT2D eigenvalue weighted by molar-refractivity contribution is 5.78. The lowest BCUT2D eigenvalue weighted by Crippen LogP contribution is -2.08. The standard InChI is InChI=1S/C20H23N5O/c1-13-4-5-14(2)17(10-13)25-20-18(21)19(23-12-24-20)22-11-15-6-8-16(26-3)9-7-15/h4-10,12H,11,21H2,1-3H3,(H2,22,23,24,25). The zero-order chi connectivity index (χ0) is 18.5. The van der Waals surface area contributed by atoms with Gasteiger partial charge in [-0.05, 0) is 48.7 Å².